The van der Waals surface area contributed by atoms with Crippen molar-refractivity contribution < 1.29 is 31.9 Å². The molecule has 13 heteroatoms. The normalized spacial score (nSPS) is 13.4. The molecule has 0 fully saturated rings. The van der Waals surface area contributed by atoms with Crippen LogP contribution < -0.4 is 10.1 Å². The van der Waals surface area contributed by atoms with Gasteiger partial charge in [-0.05, 0) is 43.0 Å². The van der Waals surface area contributed by atoms with Gasteiger partial charge in [0.05, 0.1) is 29.4 Å². The molecule has 0 saturated heterocycles. The van der Waals surface area contributed by atoms with E-state index in [2.05, 4.69) is 16.2 Å². The maximum absolute atomic E-state index is 13.6. The maximum atomic E-state index is 13.6. The average molecular weight is 550 g/mol. The first-order chi connectivity index (χ1) is 17.1. The third-order valence-electron chi connectivity index (χ3n) is 5.37. The zero-order valence-corrected chi connectivity index (χ0v) is 21.4. The number of nitrogens with one attached hydrogen (secondary N) is 1. The highest BCUT2D eigenvalue weighted by atomic mass is 32.2. The van der Waals surface area contributed by atoms with Crippen molar-refractivity contribution in [3.63, 3.8) is 0 Å². The monoisotopic (exact) mass is 549 g/mol. The van der Waals surface area contributed by atoms with Gasteiger partial charge in [0.1, 0.15) is 22.3 Å². The number of aryl methyl sites for hydroxylation is 1. The van der Waals surface area contributed by atoms with E-state index in [0.29, 0.717) is 16.6 Å². The largest absolute Gasteiger partial charge is 0.465 e. The van der Waals surface area contributed by atoms with Crippen molar-refractivity contribution in [2.45, 2.75) is 25.8 Å². The zero-order valence-electron chi connectivity index (χ0n) is 19.0. The summed E-state index contributed by atoms with van der Waals surface area (Å²) < 4.78 is 45.5. The highest BCUT2D eigenvalue weighted by Gasteiger charge is 2.29. The molecule has 36 heavy (non-hydrogen) atoms. The number of thiazole rings is 1. The zero-order chi connectivity index (χ0) is 26.0. The van der Waals surface area contributed by atoms with Crippen LogP contribution >= 0.6 is 22.7 Å². The first-order valence-electron chi connectivity index (χ1n) is 10.6. The third kappa shape index (κ3) is 5.40. The van der Waals surface area contributed by atoms with E-state index in [1.54, 1.807) is 0 Å². The third-order valence-corrected chi connectivity index (χ3v) is 9.01. The van der Waals surface area contributed by atoms with Gasteiger partial charge in [-0.1, -0.05) is 17.3 Å². The minimum Gasteiger partial charge on any atom is -0.465 e. The SMILES string of the molecule is C#CCn1c(=NC(=O)CS(=O)(=O)CC(=O)Nc2sc3c(c2C(=O)OC)CCC3)sc2cc(F)ccc21. The second-order valence-electron chi connectivity index (χ2n) is 7.93. The van der Waals surface area contributed by atoms with Crippen molar-refractivity contribution in [1.29, 1.82) is 0 Å². The number of terminal acetylenes is 1. The van der Waals surface area contributed by atoms with Crippen LogP contribution in [0.25, 0.3) is 10.2 Å². The quantitative estimate of drug-likeness (QED) is 0.356. The van der Waals surface area contributed by atoms with Crippen molar-refractivity contribution >= 4 is 65.5 Å². The minimum absolute atomic E-state index is 0.0419. The van der Waals surface area contributed by atoms with Gasteiger partial charge < -0.3 is 14.6 Å². The number of thiophene rings is 1. The number of hydrogen-bond acceptors (Lipinski definition) is 8. The van der Waals surface area contributed by atoms with E-state index < -0.39 is 44.9 Å². The molecule has 0 aliphatic heterocycles. The Morgan fingerprint density at radius 3 is 2.75 bits per heavy atom. The fraction of sp³-hybridized carbons (Fsp3) is 0.304. The van der Waals surface area contributed by atoms with Crippen LogP contribution in [0.1, 0.15) is 27.2 Å². The number of nitrogens with zero attached hydrogens (tertiary/aromatic N) is 2. The van der Waals surface area contributed by atoms with Gasteiger partial charge in [-0.3, -0.25) is 9.59 Å². The summed E-state index contributed by atoms with van der Waals surface area (Å²) in [7, 11) is -2.96. The summed E-state index contributed by atoms with van der Waals surface area (Å²) >= 11 is 2.20. The van der Waals surface area contributed by atoms with E-state index in [4.69, 9.17) is 11.2 Å². The number of methoxy groups -OCH3 is 1. The molecule has 188 valence electrons. The lowest BCUT2D eigenvalue weighted by Gasteiger charge is -2.07. The standard InChI is InChI=1S/C23H20FN3O6S3/c1-3-9-27-15-8-7-13(24)10-17(15)35-23(27)26-19(29)12-36(31,32)11-18(28)25-21-20(22(30)33-2)14-5-4-6-16(14)34-21/h1,7-8,10H,4-6,9,11-12H2,2H3,(H,25,28). The minimum atomic E-state index is -4.19. The van der Waals surface area contributed by atoms with Gasteiger partial charge in [0.2, 0.25) is 5.91 Å². The summed E-state index contributed by atoms with van der Waals surface area (Å²) in [6.45, 7) is 0.0419. The maximum Gasteiger partial charge on any atom is 0.341 e. The van der Waals surface area contributed by atoms with Gasteiger partial charge in [-0.25, -0.2) is 17.6 Å². The number of hydrogen-bond donors (Lipinski definition) is 1. The van der Waals surface area contributed by atoms with Crippen LogP contribution in [-0.4, -0.2) is 49.4 Å². The lowest BCUT2D eigenvalue weighted by atomic mass is 10.1. The molecule has 2 aromatic heterocycles. The van der Waals surface area contributed by atoms with Gasteiger partial charge >= 0.3 is 5.97 Å². The number of esters is 1. The molecule has 0 saturated carbocycles. The van der Waals surface area contributed by atoms with Gasteiger partial charge in [-0.15, -0.1) is 17.8 Å². The first kappa shape index (κ1) is 25.7. The Labute approximate surface area is 213 Å². The Kier molecular flexibility index (Phi) is 7.39. The lowest BCUT2D eigenvalue weighted by Crippen LogP contribution is -2.28. The number of fused-ring (bicyclic) bond motifs is 2. The average Bonchev–Trinajstić information content (AvgIpc) is 3.45. The predicted octanol–water partition coefficient (Wildman–Crippen LogP) is 2.29. The summed E-state index contributed by atoms with van der Waals surface area (Å²) in [5.41, 5.74) is 1.60. The number of sulfone groups is 1. The molecule has 0 bridgehead atoms. The van der Waals surface area contributed by atoms with E-state index in [0.717, 1.165) is 34.6 Å². The second kappa shape index (κ2) is 10.3. The second-order valence-corrected chi connectivity index (χ2v) is 12.1. The topological polar surface area (TPSA) is 124 Å². The number of aromatic nitrogens is 1. The van der Waals surface area contributed by atoms with Gasteiger partial charge in [-0.2, -0.15) is 4.99 Å². The number of halogens is 1. The Bertz CT molecular complexity index is 1610. The van der Waals surface area contributed by atoms with E-state index in [1.807, 2.05) is 0 Å². The Balaban J connectivity index is 1.50. The summed E-state index contributed by atoms with van der Waals surface area (Å²) in [4.78, 5) is 42.1. The van der Waals surface area contributed by atoms with Crippen LogP contribution in [0, 0.1) is 18.2 Å². The number of anilines is 1. The van der Waals surface area contributed by atoms with Crippen LogP contribution in [-0.2, 0) is 43.5 Å². The fourth-order valence-corrected chi connectivity index (χ4v) is 7.31. The number of rotatable bonds is 7. The van der Waals surface area contributed by atoms with Gasteiger partial charge in [0.25, 0.3) is 5.91 Å². The van der Waals surface area contributed by atoms with Crippen molar-refractivity contribution in [1.82, 2.24) is 4.57 Å². The molecule has 1 N–H and O–H groups in total. The Morgan fingerprint density at radius 1 is 1.25 bits per heavy atom. The van der Waals surface area contributed by atoms with Crippen LogP contribution in [0.3, 0.4) is 0 Å². The van der Waals surface area contributed by atoms with Crippen molar-refractivity contribution in [3.05, 3.63) is 44.8 Å². The first-order valence-corrected chi connectivity index (χ1v) is 14.1. The summed E-state index contributed by atoms with van der Waals surface area (Å²) in [6, 6.07) is 4.00. The van der Waals surface area contributed by atoms with Crippen LogP contribution in [0.4, 0.5) is 9.39 Å². The number of ether oxygens (including phenoxy) is 1. The Hall–Kier alpha value is -3.34. The summed E-state index contributed by atoms with van der Waals surface area (Å²) in [5, 5.41) is 2.71. The molecule has 1 aromatic carbocycles. The molecule has 4 rings (SSSR count). The van der Waals surface area contributed by atoms with E-state index in [9.17, 15) is 27.2 Å². The van der Waals surface area contributed by atoms with E-state index in [1.165, 1.54) is 41.2 Å². The highest BCUT2D eigenvalue weighted by molar-refractivity contribution is 7.92. The molecule has 1 aliphatic rings. The molecule has 0 radical (unpaired) electrons. The molecular weight excluding hydrogens is 529 g/mol. The molecule has 9 nitrogen and oxygen atoms in total. The molecule has 2 amide bonds. The summed E-state index contributed by atoms with van der Waals surface area (Å²) in [6.07, 6.45) is 7.70. The predicted molar refractivity (Wildman–Crippen MR) is 134 cm³/mol. The smallest absolute Gasteiger partial charge is 0.341 e. The molecule has 0 spiro atoms. The van der Waals surface area contributed by atoms with Crippen LogP contribution in [0.2, 0.25) is 0 Å². The van der Waals surface area contributed by atoms with E-state index >= 15 is 0 Å². The van der Waals surface area contributed by atoms with Crippen molar-refractivity contribution in [2.75, 3.05) is 23.9 Å². The molecule has 1 aliphatic carbocycles. The number of amides is 2. The van der Waals surface area contributed by atoms with Crippen LogP contribution in [0.15, 0.2) is 23.2 Å². The van der Waals surface area contributed by atoms with Crippen LogP contribution in [0.5, 0.6) is 0 Å². The van der Waals surface area contributed by atoms with Crippen molar-refractivity contribution in [2.24, 2.45) is 4.99 Å². The van der Waals surface area contributed by atoms with E-state index in [-0.39, 0.29) is 21.9 Å². The molecular formula is C23H20FN3O6S3. The summed E-state index contributed by atoms with van der Waals surface area (Å²) in [5.74, 6) is -2.52. The van der Waals surface area contributed by atoms with Gasteiger partial charge in [0, 0.05) is 4.88 Å². The van der Waals surface area contributed by atoms with Gasteiger partial charge in [0.15, 0.2) is 14.6 Å². The molecule has 3 aromatic rings. The Morgan fingerprint density at radius 2 is 2.03 bits per heavy atom. The number of benzene rings is 1. The molecule has 0 unspecified atom stereocenters. The molecule has 2 heterocycles. The number of carbonyl (C=O) groups excluding carboxylic acids is 3. The fourth-order valence-electron chi connectivity index (χ4n) is 3.93. The highest BCUT2D eigenvalue weighted by Crippen LogP contribution is 2.39. The molecule has 0 atom stereocenters. The van der Waals surface area contributed by atoms with Crippen molar-refractivity contribution in [3.8, 4) is 12.3 Å². The number of carbonyl (C=O) groups is 3. The lowest BCUT2D eigenvalue weighted by molar-refractivity contribution is -0.115.